The van der Waals surface area contributed by atoms with E-state index in [-0.39, 0.29) is 22.8 Å². The van der Waals surface area contributed by atoms with Crippen molar-refractivity contribution in [3.05, 3.63) is 71.0 Å². The summed E-state index contributed by atoms with van der Waals surface area (Å²) in [7, 11) is 0. The molecule has 0 radical (unpaired) electrons. The number of benzene rings is 2. The first-order valence-corrected chi connectivity index (χ1v) is 17.7. The summed E-state index contributed by atoms with van der Waals surface area (Å²) in [5.41, 5.74) is 2.13. The third-order valence-corrected chi connectivity index (χ3v) is 11.0. The number of aromatic nitrogens is 3. The monoisotopic (exact) mass is 703 g/mol. The van der Waals surface area contributed by atoms with E-state index in [1.807, 2.05) is 31.2 Å². The fraction of sp³-hybridized carbons (Fsp3) is 0.500. The standard InChI is InChI=1S/C38H43ClFN5O5/c1-35(2,3)50-34(46)42-23-16-25(40)31-27(17-23)45(30-20-47-21-36(30,4)5)33(43-31)24-18-38(24)12-14-44(15-13-38)26-8-7-9-28-32(26)49-37(6,48-28)29-11-10-22(39)19-41-29/h7-11,16-17,19,24,30H,12-15,18,20-21H2,1-6H3,(H,42,46)/t24?,30-,37?/m1/s1. The first-order chi connectivity index (χ1) is 23.6. The van der Waals surface area contributed by atoms with Crippen molar-refractivity contribution in [2.45, 2.75) is 84.2 Å². The predicted molar refractivity (Wildman–Crippen MR) is 189 cm³/mol. The SMILES string of the molecule is CC(C)(C)OC(=O)Nc1cc(F)c2nc(C3CC34CCN(c3cccc5c3OC(C)(c3ccc(Cl)cn3)O5)CC4)n([C@@H]3COCC3(C)C)c2c1. The van der Waals surface area contributed by atoms with Crippen LogP contribution in [0.1, 0.15) is 84.3 Å². The normalized spacial score (nSPS) is 24.9. The molecule has 8 rings (SSSR count). The van der Waals surface area contributed by atoms with E-state index in [1.165, 1.54) is 6.07 Å². The van der Waals surface area contributed by atoms with Crippen molar-refractivity contribution < 1.29 is 28.1 Å². The molecule has 4 aromatic rings. The summed E-state index contributed by atoms with van der Waals surface area (Å²) >= 11 is 6.08. The Morgan fingerprint density at radius 1 is 1.10 bits per heavy atom. The topological polar surface area (TPSA) is 100.0 Å². The highest BCUT2D eigenvalue weighted by Gasteiger charge is 2.58. The number of para-hydroxylation sites is 1. The average molecular weight is 704 g/mol. The summed E-state index contributed by atoms with van der Waals surface area (Å²) in [5.74, 6) is 0.936. The molecule has 3 atom stereocenters. The number of hydrogen-bond acceptors (Lipinski definition) is 8. The van der Waals surface area contributed by atoms with Gasteiger partial charge in [-0.25, -0.2) is 14.2 Å². The third-order valence-electron chi connectivity index (χ3n) is 10.7. The molecule has 1 N–H and O–H groups in total. The van der Waals surface area contributed by atoms with Crippen LogP contribution in [0.5, 0.6) is 11.5 Å². The maximum absolute atomic E-state index is 15.8. The van der Waals surface area contributed by atoms with E-state index in [2.05, 4.69) is 39.7 Å². The molecular weight excluding hydrogens is 661 g/mol. The highest BCUT2D eigenvalue weighted by atomic mass is 35.5. The van der Waals surface area contributed by atoms with Gasteiger partial charge in [-0.1, -0.05) is 31.5 Å². The van der Waals surface area contributed by atoms with Gasteiger partial charge in [-0.05, 0) is 81.8 Å². The minimum atomic E-state index is -1.06. The number of rotatable bonds is 5. The van der Waals surface area contributed by atoms with E-state index >= 15 is 4.39 Å². The van der Waals surface area contributed by atoms with E-state index in [0.29, 0.717) is 52.2 Å². The fourth-order valence-corrected chi connectivity index (χ4v) is 8.10. The molecule has 50 heavy (non-hydrogen) atoms. The van der Waals surface area contributed by atoms with Gasteiger partial charge in [0.15, 0.2) is 17.3 Å². The van der Waals surface area contributed by atoms with Gasteiger partial charge in [-0.2, -0.15) is 0 Å². The van der Waals surface area contributed by atoms with Crippen molar-refractivity contribution in [2.24, 2.45) is 10.8 Å². The molecule has 2 saturated heterocycles. The van der Waals surface area contributed by atoms with Crippen LogP contribution in [0.2, 0.25) is 5.02 Å². The lowest BCUT2D eigenvalue weighted by Gasteiger charge is -2.35. The van der Waals surface area contributed by atoms with Crippen LogP contribution in [0.15, 0.2) is 48.7 Å². The Hall–Kier alpha value is -4.09. The van der Waals surface area contributed by atoms with Crippen molar-refractivity contribution in [1.29, 1.82) is 0 Å². The molecule has 1 saturated carbocycles. The highest BCUT2D eigenvalue weighted by molar-refractivity contribution is 6.30. The number of halogens is 2. The van der Waals surface area contributed by atoms with Crippen LogP contribution >= 0.6 is 11.6 Å². The maximum atomic E-state index is 15.8. The van der Waals surface area contributed by atoms with Crippen molar-refractivity contribution in [3.63, 3.8) is 0 Å². The van der Waals surface area contributed by atoms with Gasteiger partial charge in [0.05, 0.1) is 35.5 Å². The highest BCUT2D eigenvalue weighted by Crippen LogP contribution is 2.66. The molecule has 2 unspecified atom stereocenters. The van der Waals surface area contributed by atoms with E-state index in [0.717, 1.165) is 43.9 Å². The number of nitrogens with zero attached hydrogens (tertiary/aromatic N) is 4. The largest absolute Gasteiger partial charge is 0.444 e. The van der Waals surface area contributed by atoms with Gasteiger partial charge in [0.2, 0.25) is 0 Å². The Morgan fingerprint density at radius 3 is 2.56 bits per heavy atom. The number of pyridine rings is 1. The quantitative estimate of drug-likeness (QED) is 0.221. The van der Waals surface area contributed by atoms with Crippen molar-refractivity contribution >= 4 is 40.1 Å². The van der Waals surface area contributed by atoms with Crippen LogP contribution in [0.4, 0.5) is 20.6 Å². The second kappa shape index (κ2) is 11.5. The van der Waals surface area contributed by atoms with Gasteiger partial charge in [-0.3, -0.25) is 10.3 Å². The number of hydrogen-bond donors (Lipinski definition) is 1. The Morgan fingerprint density at radius 2 is 1.88 bits per heavy atom. The van der Waals surface area contributed by atoms with Gasteiger partial charge in [0, 0.05) is 43.2 Å². The number of anilines is 2. The van der Waals surface area contributed by atoms with Crippen LogP contribution in [0.25, 0.3) is 11.0 Å². The Bertz CT molecular complexity index is 1980. The Balaban J connectivity index is 1.06. The minimum Gasteiger partial charge on any atom is -0.444 e. The van der Waals surface area contributed by atoms with E-state index in [4.69, 9.17) is 35.5 Å². The second-order valence-electron chi connectivity index (χ2n) is 16.0. The molecule has 1 amide bonds. The Kier molecular flexibility index (Phi) is 7.58. The molecular formula is C38H43ClFN5O5. The van der Waals surface area contributed by atoms with Gasteiger partial charge in [-0.15, -0.1) is 0 Å². The van der Waals surface area contributed by atoms with Crippen LogP contribution in [-0.2, 0) is 15.3 Å². The van der Waals surface area contributed by atoms with E-state index < -0.39 is 23.3 Å². The smallest absolute Gasteiger partial charge is 0.412 e. The molecule has 1 spiro atoms. The number of ether oxygens (including phenoxy) is 4. The lowest BCUT2D eigenvalue weighted by molar-refractivity contribution is -0.0716. The summed E-state index contributed by atoms with van der Waals surface area (Å²) in [6, 6.07) is 12.7. The van der Waals surface area contributed by atoms with Crippen LogP contribution < -0.4 is 19.7 Å². The van der Waals surface area contributed by atoms with E-state index in [9.17, 15) is 4.79 Å². The van der Waals surface area contributed by atoms with Crippen molar-refractivity contribution in [1.82, 2.24) is 14.5 Å². The molecule has 264 valence electrons. The number of nitrogens with one attached hydrogen (secondary N) is 1. The third kappa shape index (κ3) is 5.72. The summed E-state index contributed by atoms with van der Waals surface area (Å²) in [4.78, 5) is 24.5. The van der Waals surface area contributed by atoms with Crippen molar-refractivity contribution in [3.8, 4) is 11.5 Å². The van der Waals surface area contributed by atoms with Crippen molar-refractivity contribution in [2.75, 3.05) is 36.5 Å². The zero-order valence-electron chi connectivity index (χ0n) is 29.3. The maximum Gasteiger partial charge on any atom is 0.412 e. The van der Waals surface area contributed by atoms with Gasteiger partial charge in [0.1, 0.15) is 22.6 Å². The predicted octanol–water partition coefficient (Wildman–Crippen LogP) is 8.59. The lowest BCUT2D eigenvalue weighted by Crippen LogP contribution is -2.36. The molecule has 2 aromatic heterocycles. The number of amides is 1. The van der Waals surface area contributed by atoms with Gasteiger partial charge >= 0.3 is 6.09 Å². The number of fused-ring (bicyclic) bond motifs is 2. The van der Waals surface area contributed by atoms with E-state index in [1.54, 1.807) is 33.0 Å². The number of imidazole rings is 1. The number of carbonyl (C=O) groups excluding carboxylic acids is 1. The molecule has 3 fully saturated rings. The second-order valence-corrected chi connectivity index (χ2v) is 16.5. The first-order valence-electron chi connectivity index (χ1n) is 17.3. The Labute approximate surface area is 296 Å². The summed E-state index contributed by atoms with van der Waals surface area (Å²) in [5, 5.41) is 3.28. The zero-order chi connectivity index (χ0) is 35.2. The molecule has 12 heteroatoms. The fourth-order valence-electron chi connectivity index (χ4n) is 7.99. The summed E-state index contributed by atoms with van der Waals surface area (Å²) in [6.07, 6.45) is 3.86. The van der Waals surface area contributed by atoms with Crippen LogP contribution in [0.3, 0.4) is 0 Å². The molecule has 3 aliphatic heterocycles. The number of piperidine rings is 1. The minimum absolute atomic E-state index is 0.0371. The summed E-state index contributed by atoms with van der Waals surface area (Å²) in [6.45, 7) is 14.4. The van der Waals surface area contributed by atoms with Gasteiger partial charge in [0.25, 0.3) is 5.79 Å². The summed E-state index contributed by atoms with van der Waals surface area (Å²) < 4.78 is 42.3. The molecule has 0 bridgehead atoms. The molecule has 2 aromatic carbocycles. The number of carbonyl (C=O) groups is 1. The van der Waals surface area contributed by atoms with Crippen LogP contribution in [-0.4, -0.2) is 52.5 Å². The molecule has 1 aliphatic carbocycles. The molecule has 4 aliphatic rings. The first kappa shape index (κ1) is 33.1. The average Bonchev–Trinajstić information content (AvgIpc) is 3.28. The zero-order valence-corrected chi connectivity index (χ0v) is 30.1. The lowest BCUT2D eigenvalue weighted by atomic mass is 9.87. The molecule has 5 heterocycles. The molecule has 10 nitrogen and oxygen atoms in total. The van der Waals surface area contributed by atoms with Crippen LogP contribution in [0, 0.1) is 16.6 Å². The van der Waals surface area contributed by atoms with Gasteiger partial charge < -0.3 is 28.4 Å².